The molecule has 1 rings (SSSR count). The lowest BCUT2D eigenvalue weighted by Gasteiger charge is -2.05. The van der Waals surface area contributed by atoms with Gasteiger partial charge in [-0.15, -0.1) is 0 Å². The van der Waals surface area contributed by atoms with E-state index in [1.807, 2.05) is 6.92 Å². The Morgan fingerprint density at radius 3 is 2.54 bits per heavy atom. The number of aliphatic imine (C=N–C) groups is 2. The van der Waals surface area contributed by atoms with Crippen LogP contribution in [0, 0.1) is 13.8 Å². The van der Waals surface area contributed by atoms with Gasteiger partial charge in [0.05, 0.1) is 0 Å². The van der Waals surface area contributed by atoms with Crippen LogP contribution in [0.1, 0.15) is 16.7 Å². The van der Waals surface area contributed by atoms with Crippen LogP contribution in [-0.2, 0) is 0 Å². The summed E-state index contributed by atoms with van der Waals surface area (Å²) in [5.74, 6) is 0.709. The standard InChI is InChI=1S/C11H14N2/c1-8-5-6-9(2)10(7-8)11(12-3)13-4/h5-7H,3H2,1-2,4H3/b13-11-. The quantitative estimate of drug-likeness (QED) is 0.461. The second-order valence-corrected chi connectivity index (χ2v) is 3.02. The van der Waals surface area contributed by atoms with E-state index in [9.17, 15) is 0 Å². The summed E-state index contributed by atoms with van der Waals surface area (Å²) in [4.78, 5) is 7.94. The van der Waals surface area contributed by atoms with Gasteiger partial charge in [0, 0.05) is 12.6 Å². The molecule has 0 aromatic heterocycles. The Balaban J connectivity index is 3.27. The first kappa shape index (κ1) is 9.65. The number of aryl methyl sites for hydroxylation is 2. The molecule has 0 heterocycles. The highest BCUT2D eigenvalue weighted by molar-refractivity contribution is 6.02. The molecule has 0 saturated heterocycles. The van der Waals surface area contributed by atoms with Gasteiger partial charge in [0.15, 0.2) is 5.84 Å². The van der Waals surface area contributed by atoms with E-state index in [1.165, 1.54) is 11.1 Å². The fourth-order valence-electron chi connectivity index (χ4n) is 1.25. The fourth-order valence-corrected chi connectivity index (χ4v) is 1.25. The van der Waals surface area contributed by atoms with Gasteiger partial charge >= 0.3 is 0 Å². The zero-order valence-electron chi connectivity index (χ0n) is 8.33. The predicted molar refractivity (Wildman–Crippen MR) is 57.9 cm³/mol. The molecule has 1 aromatic carbocycles. The minimum Gasteiger partial charge on any atom is -0.270 e. The molecule has 0 bridgehead atoms. The minimum absolute atomic E-state index is 0.709. The third kappa shape index (κ3) is 2.02. The van der Waals surface area contributed by atoms with Gasteiger partial charge in [0.1, 0.15) is 0 Å². The molecule has 2 heteroatoms. The molecule has 1 aromatic rings. The molecule has 0 N–H and O–H groups in total. The average Bonchev–Trinajstić information content (AvgIpc) is 2.13. The number of hydrogen-bond donors (Lipinski definition) is 0. The third-order valence-electron chi connectivity index (χ3n) is 2.00. The van der Waals surface area contributed by atoms with E-state index in [0.717, 1.165) is 5.56 Å². The van der Waals surface area contributed by atoms with Gasteiger partial charge in [-0.1, -0.05) is 17.7 Å². The summed E-state index contributed by atoms with van der Waals surface area (Å²) in [7, 11) is 1.73. The maximum atomic E-state index is 4.07. The van der Waals surface area contributed by atoms with Gasteiger partial charge in [-0.2, -0.15) is 0 Å². The Kier molecular flexibility index (Phi) is 2.96. The maximum Gasteiger partial charge on any atom is 0.153 e. The molecular formula is C11H14N2. The topological polar surface area (TPSA) is 24.7 Å². The Morgan fingerprint density at radius 1 is 1.31 bits per heavy atom. The molecule has 0 fully saturated rings. The molecule has 2 nitrogen and oxygen atoms in total. The summed E-state index contributed by atoms with van der Waals surface area (Å²) in [6.07, 6.45) is 0. The number of nitrogens with zero attached hydrogens (tertiary/aromatic N) is 2. The molecule has 0 unspecified atom stereocenters. The second-order valence-electron chi connectivity index (χ2n) is 3.02. The van der Waals surface area contributed by atoms with Crippen molar-refractivity contribution in [1.82, 2.24) is 0 Å². The Morgan fingerprint density at radius 2 is 2.00 bits per heavy atom. The van der Waals surface area contributed by atoms with Crippen LogP contribution in [0.2, 0.25) is 0 Å². The zero-order chi connectivity index (χ0) is 9.84. The molecule has 0 aliphatic carbocycles. The molecule has 68 valence electrons. The molecule has 0 radical (unpaired) electrons. The van der Waals surface area contributed by atoms with E-state index in [1.54, 1.807) is 7.05 Å². The maximum absolute atomic E-state index is 4.07. The molecule has 0 atom stereocenters. The number of benzene rings is 1. The van der Waals surface area contributed by atoms with Crippen LogP contribution < -0.4 is 0 Å². The Labute approximate surface area is 79.0 Å². The van der Waals surface area contributed by atoms with Crippen molar-refractivity contribution in [2.75, 3.05) is 7.05 Å². The van der Waals surface area contributed by atoms with Crippen molar-refractivity contribution in [3.63, 3.8) is 0 Å². The van der Waals surface area contributed by atoms with Gasteiger partial charge in [0.25, 0.3) is 0 Å². The van der Waals surface area contributed by atoms with E-state index >= 15 is 0 Å². The molecule has 0 spiro atoms. The lowest BCUT2D eigenvalue weighted by molar-refractivity contribution is 1.33. The summed E-state index contributed by atoms with van der Waals surface area (Å²) in [5.41, 5.74) is 3.46. The van der Waals surface area contributed by atoms with E-state index in [-0.39, 0.29) is 0 Å². The van der Waals surface area contributed by atoms with Gasteiger partial charge in [-0.05, 0) is 32.2 Å². The number of amidine groups is 1. The molecule has 0 aliphatic heterocycles. The van der Waals surface area contributed by atoms with Crippen molar-refractivity contribution in [3.05, 3.63) is 34.9 Å². The van der Waals surface area contributed by atoms with Crippen molar-refractivity contribution in [3.8, 4) is 0 Å². The van der Waals surface area contributed by atoms with E-state index in [0.29, 0.717) is 5.84 Å². The summed E-state index contributed by atoms with van der Waals surface area (Å²) >= 11 is 0. The smallest absolute Gasteiger partial charge is 0.153 e. The predicted octanol–water partition coefficient (Wildman–Crippen LogP) is 2.38. The first-order valence-electron chi connectivity index (χ1n) is 4.20. The van der Waals surface area contributed by atoms with Crippen molar-refractivity contribution in [1.29, 1.82) is 0 Å². The molecule has 0 aliphatic rings. The van der Waals surface area contributed by atoms with Crippen molar-refractivity contribution >= 4 is 12.6 Å². The third-order valence-corrected chi connectivity index (χ3v) is 2.00. The summed E-state index contributed by atoms with van der Waals surface area (Å²) < 4.78 is 0. The Hall–Kier alpha value is -1.44. The summed E-state index contributed by atoms with van der Waals surface area (Å²) in [6.45, 7) is 7.60. The zero-order valence-corrected chi connectivity index (χ0v) is 8.33. The van der Waals surface area contributed by atoms with Gasteiger partial charge in [-0.25, -0.2) is 4.99 Å². The SMILES string of the molecule is C=N/C(=N\C)c1cc(C)ccc1C. The van der Waals surface area contributed by atoms with Crippen LogP contribution in [0.15, 0.2) is 28.2 Å². The van der Waals surface area contributed by atoms with Crippen LogP contribution >= 0.6 is 0 Å². The minimum atomic E-state index is 0.709. The van der Waals surface area contributed by atoms with Crippen molar-refractivity contribution in [2.24, 2.45) is 9.98 Å². The normalized spacial score (nSPS) is 11.5. The molecule has 0 amide bonds. The van der Waals surface area contributed by atoms with Crippen molar-refractivity contribution in [2.45, 2.75) is 13.8 Å². The monoisotopic (exact) mass is 174 g/mol. The Bertz CT molecular complexity index is 351. The highest BCUT2D eigenvalue weighted by Crippen LogP contribution is 2.12. The van der Waals surface area contributed by atoms with E-state index in [2.05, 4.69) is 41.8 Å². The van der Waals surface area contributed by atoms with Crippen LogP contribution in [0.3, 0.4) is 0 Å². The van der Waals surface area contributed by atoms with E-state index in [4.69, 9.17) is 0 Å². The number of rotatable bonds is 1. The summed E-state index contributed by atoms with van der Waals surface area (Å²) in [6, 6.07) is 6.22. The van der Waals surface area contributed by atoms with Gasteiger partial charge < -0.3 is 0 Å². The average molecular weight is 174 g/mol. The molecular weight excluding hydrogens is 160 g/mol. The summed E-state index contributed by atoms with van der Waals surface area (Å²) in [5, 5.41) is 0. The van der Waals surface area contributed by atoms with Crippen molar-refractivity contribution < 1.29 is 0 Å². The van der Waals surface area contributed by atoms with Gasteiger partial charge in [-0.3, -0.25) is 4.99 Å². The highest BCUT2D eigenvalue weighted by atomic mass is 14.9. The lowest BCUT2D eigenvalue weighted by Crippen LogP contribution is -1.99. The lowest BCUT2D eigenvalue weighted by atomic mass is 10.1. The van der Waals surface area contributed by atoms with Crippen LogP contribution in [-0.4, -0.2) is 19.6 Å². The first-order chi connectivity index (χ1) is 6.19. The highest BCUT2D eigenvalue weighted by Gasteiger charge is 2.03. The fraction of sp³-hybridized carbons (Fsp3) is 0.273. The van der Waals surface area contributed by atoms with Gasteiger partial charge in [0.2, 0.25) is 0 Å². The van der Waals surface area contributed by atoms with Crippen LogP contribution in [0.4, 0.5) is 0 Å². The largest absolute Gasteiger partial charge is 0.270 e. The van der Waals surface area contributed by atoms with E-state index < -0.39 is 0 Å². The van der Waals surface area contributed by atoms with Crippen LogP contribution in [0.25, 0.3) is 0 Å². The van der Waals surface area contributed by atoms with Crippen LogP contribution in [0.5, 0.6) is 0 Å². The second kappa shape index (κ2) is 3.99. The molecule has 0 saturated carbocycles. The molecule has 13 heavy (non-hydrogen) atoms. The number of hydrogen-bond acceptors (Lipinski definition) is 1. The first-order valence-corrected chi connectivity index (χ1v) is 4.20.